The van der Waals surface area contributed by atoms with Crippen LogP contribution in [0.25, 0.3) is 0 Å². The zero-order valence-corrected chi connectivity index (χ0v) is 10.0. The van der Waals surface area contributed by atoms with Crippen molar-refractivity contribution in [2.45, 2.75) is 44.1 Å². The Labute approximate surface area is 102 Å². The Bertz CT molecular complexity index is 390. The molecule has 0 amide bonds. The fourth-order valence-electron chi connectivity index (χ4n) is 2.96. The summed E-state index contributed by atoms with van der Waals surface area (Å²) in [6, 6.07) is 2.43. The van der Waals surface area contributed by atoms with Crippen LogP contribution in [0.2, 0.25) is 0 Å². The number of halogens is 1. The molecule has 1 aromatic heterocycles. The molecule has 1 heterocycles. The molecule has 17 heavy (non-hydrogen) atoms. The number of hydrogen-bond donors (Lipinski definition) is 1. The lowest BCUT2D eigenvalue weighted by Gasteiger charge is -2.20. The van der Waals surface area contributed by atoms with E-state index in [2.05, 4.69) is 10.3 Å². The summed E-state index contributed by atoms with van der Waals surface area (Å²) in [6.07, 6.45) is 9.50. The maximum absolute atomic E-state index is 13.2. The number of aromatic nitrogens is 1. The van der Waals surface area contributed by atoms with Gasteiger partial charge in [0.1, 0.15) is 5.82 Å². The smallest absolute Gasteiger partial charge is 0.141 e. The van der Waals surface area contributed by atoms with Gasteiger partial charge in [0.15, 0.2) is 0 Å². The SMILES string of the molecule is Fc1cncc(C2CCCC2CNC2CC2)c1. The van der Waals surface area contributed by atoms with Gasteiger partial charge in [0, 0.05) is 12.2 Å². The number of pyridine rings is 1. The van der Waals surface area contributed by atoms with E-state index in [0.29, 0.717) is 11.8 Å². The summed E-state index contributed by atoms with van der Waals surface area (Å²) >= 11 is 0. The van der Waals surface area contributed by atoms with Gasteiger partial charge in [0.25, 0.3) is 0 Å². The maximum atomic E-state index is 13.2. The monoisotopic (exact) mass is 234 g/mol. The van der Waals surface area contributed by atoms with Crippen LogP contribution >= 0.6 is 0 Å². The number of hydrogen-bond acceptors (Lipinski definition) is 2. The van der Waals surface area contributed by atoms with Crippen LogP contribution < -0.4 is 5.32 Å². The van der Waals surface area contributed by atoms with Crippen molar-refractivity contribution in [3.05, 3.63) is 29.8 Å². The van der Waals surface area contributed by atoms with Crippen LogP contribution in [0.1, 0.15) is 43.6 Å². The minimum Gasteiger partial charge on any atom is -0.314 e. The topological polar surface area (TPSA) is 24.9 Å². The number of nitrogens with zero attached hydrogens (tertiary/aromatic N) is 1. The molecule has 0 saturated heterocycles. The van der Waals surface area contributed by atoms with E-state index in [1.807, 2.05) is 6.20 Å². The lowest BCUT2D eigenvalue weighted by Crippen LogP contribution is -2.26. The number of nitrogens with one attached hydrogen (secondary N) is 1. The molecule has 1 N–H and O–H groups in total. The average molecular weight is 234 g/mol. The molecule has 0 radical (unpaired) electrons. The summed E-state index contributed by atoms with van der Waals surface area (Å²) in [4.78, 5) is 3.98. The molecule has 0 aliphatic heterocycles. The van der Waals surface area contributed by atoms with Crippen LogP contribution in [-0.2, 0) is 0 Å². The van der Waals surface area contributed by atoms with E-state index in [0.717, 1.165) is 18.2 Å². The number of rotatable bonds is 4. The molecule has 0 bridgehead atoms. The molecule has 2 atom stereocenters. The minimum absolute atomic E-state index is 0.205. The van der Waals surface area contributed by atoms with Gasteiger partial charge in [-0.05, 0) is 55.7 Å². The van der Waals surface area contributed by atoms with Crippen LogP contribution in [0, 0.1) is 11.7 Å². The van der Waals surface area contributed by atoms with Gasteiger partial charge in [-0.25, -0.2) is 4.39 Å². The third kappa shape index (κ3) is 2.65. The lowest BCUT2D eigenvalue weighted by atomic mass is 9.90. The molecule has 3 heteroatoms. The normalized spacial score (nSPS) is 28.5. The first-order valence-electron chi connectivity index (χ1n) is 6.67. The largest absolute Gasteiger partial charge is 0.314 e. The van der Waals surface area contributed by atoms with Crippen LogP contribution in [0.15, 0.2) is 18.5 Å². The summed E-state index contributed by atoms with van der Waals surface area (Å²) in [5, 5.41) is 3.60. The zero-order chi connectivity index (χ0) is 11.7. The summed E-state index contributed by atoms with van der Waals surface area (Å²) < 4.78 is 13.2. The van der Waals surface area contributed by atoms with Crippen LogP contribution in [0.5, 0.6) is 0 Å². The van der Waals surface area contributed by atoms with Crippen molar-refractivity contribution < 1.29 is 4.39 Å². The van der Waals surface area contributed by atoms with Gasteiger partial charge in [-0.15, -0.1) is 0 Å². The summed E-state index contributed by atoms with van der Waals surface area (Å²) in [5.74, 6) is 0.965. The highest BCUT2D eigenvalue weighted by Gasteiger charge is 2.30. The fourth-order valence-corrected chi connectivity index (χ4v) is 2.96. The van der Waals surface area contributed by atoms with Gasteiger partial charge in [-0.1, -0.05) is 6.42 Å². The third-order valence-corrected chi connectivity index (χ3v) is 4.06. The predicted molar refractivity (Wildman–Crippen MR) is 65.3 cm³/mol. The van der Waals surface area contributed by atoms with Crippen molar-refractivity contribution in [2.24, 2.45) is 5.92 Å². The van der Waals surface area contributed by atoms with E-state index in [1.54, 1.807) is 6.07 Å². The predicted octanol–water partition coefficient (Wildman–Crippen LogP) is 2.86. The molecule has 0 aromatic carbocycles. The van der Waals surface area contributed by atoms with Crippen LogP contribution in [0.4, 0.5) is 4.39 Å². The van der Waals surface area contributed by atoms with Crippen molar-refractivity contribution in [3.8, 4) is 0 Å². The Balaban J connectivity index is 1.67. The molecule has 2 aliphatic rings. The van der Waals surface area contributed by atoms with Gasteiger partial charge in [-0.2, -0.15) is 0 Å². The fraction of sp³-hybridized carbons (Fsp3) is 0.643. The molecular weight excluding hydrogens is 215 g/mol. The lowest BCUT2D eigenvalue weighted by molar-refractivity contribution is 0.440. The summed E-state index contributed by atoms with van der Waals surface area (Å²) in [5.41, 5.74) is 1.09. The Morgan fingerprint density at radius 1 is 1.24 bits per heavy atom. The second kappa shape index (κ2) is 4.73. The van der Waals surface area contributed by atoms with Crippen molar-refractivity contribution in [3.63, 3.8) is 0 Å². The molecule has 2 unspecified atom stereocenters. The quantitative estimate of drug-likeness (QED) is 0.866. The van der Waals surface area contributed by atoms with Gasteiger partial charge in [0.05, 0.1) is 6.20 Å². The molecule has 3 rings (SSSR count). The summed E-state index contributed by atoms with van der Waals surface area (Å²) in [7, 11) is 0. The molecular formula is C14H19FN2. The zero-order valence-electron chi connectivity index (χ0n) is 10.0. The second-order valence-electron chi connectivity index (χ2n) is 5.42. The van der Waals surface area contributed by atoms with Crippen molar-refractivity contribution >= 4 is 0 Å². The van der Waals surface area contributed by atoms with Gasteiger partial charge in [0.2, 0.25) is 0 Å². The van der Waals surface area contributed by atoms with Crippen molar-refractivity contribution in [1.82, 2.24) is 10.3 Å². The van der Waals surface area contributed by atoms with Crippen molar-refractivity contribution in [2.75, 3.05) is 6.54 Å². The molecule has 2 fully saturated rings. The Hall–Kier alpha value is -0.960. The molecule has 0 spiro atoms. The van der Waals surface area contributed by atoms with E-state index in [4.69, 9.17) is 0 Å². The van der Waals surface area contributed by atoms with E-state index < -0.39 is 0 Å². The second-order valence-corrected chi connectivity index (χ2v) is 5.42. The Kier molecular flexibility index (Phi) is 3.10. The van der Waals surface area contributed by atoms with E-state index >= 15 is 0 Å². The molecule has 2 aliphatic carbocycles. The highest BCUT2D eigenvalue weighted by Crippen LogP contribution is 2.39. The van der Waals surface area contributed by atoms with E-state index in [-0.39, 0.29) is 5.82 Å². The average Bonchev–Trinajstić information content (AvgIpc) is 3.04. The first-order chi connectivity index (χ1) is 8.33. The van der Waals surface area contributed by atoms with Gasteiger partial charge < -0.3 is 5.32 Å². The Morgan fingerprint density at radius 2 is 2.12 bits per heavy atom. The third-order valence-electron chi connectivity index (χ3n) is 4.06. The molecule has 2 saturated carbocycles. The van der Waals surface area contributed by atoms with Crippen molar-refractivity contribution in [1.29, 1.82) is 0 Å². The summed E-state index contributed by atoms with van der Waals surface area (Å²) in [6.45, 7) is 1.09. The molecule has 92 valence electrons. The first-order valence-corrected chi connectivity index (χ1v) is 6.67. The van der Waals surface area contributed by atoms with Gasteiger partial charge in [-0.3, -0.25) is 4.98 Å². The minimum atomic E-state index is -0.205. The highest BCUT2D eigenvalue weighted by atomic mass is 19.1. The highest BCUT2D eigenvalue weighted by molar-refractivity contribution is 5.18. The van der Waals surface area contributed by atoms with E-state index in [1.165, 1.54) is 38.3 Å². The molecule has 2 nitrogen and oxygen atoms in total. The Morgan fingerprint density at radius 3 is 2.88 bits per heavy atom. The van der Waals surface area contributed by atoms with Crippen LogP contribution in [0.3, 0.4) is 0 Å². The first kappa shape index (κ1) is 11.1. The van der Waals surface area contributed by atoms with E-state index in [9.17, 15) is 4.39 Å². The van der Waals surface area contributed by atoms with Gasteiger partial charge >= 0.3 is 0 Å². The standard InChI is InChI=1S/C14H19FN2/c15-12-6-11(7-16-9-12)14-3-1-2-10(14)8-17-13-4-5-13/h6-7,9-10,13-14,17H,1-5,8H2. The van der Waals surface area contributed by atoms with Crippen LogP contribution in [-0.4, -0.2) is 17.6 Å². The molecule has 1 aromatic rings. The maximum Gasteiger partial charge on any atom is 0.141 e.